The number of aryl methyl sites for hydroxylation is 1. The highest BCUT2D eigenvalue weighted by Crippen LogP contribution is 2.17. The van der Waals surface area contributed by atoms with Gasteiger partial charge in [-0.1, -0.05) is 18.2 Å². The maximum absolute atomic E-state index is 12.2. The van der Waals surface area contributed by atoms with Crippen LogP contribution in [0.3, 0.4) is 0 Å². The van der Waals surface area contributed by atoms with Gasteiger partial charge in [0, 0.05) is 26.2 Å². The summed E-state index contributed by atoms with van der Waals surface area (Å²) >= 11 is 0. The predicted molar refractivity (Wildman–Crippen MR) is 136 cm³/mol. The van der Waals surface area contributed by atoms with E-state index in [2.05, 4.69) is 20.3 Å². The van der Waals surface area contributed by atoms with Crippen LogP contribution in [0.5, 0.6) is 5.75 Å². The van der Waals surface area contributed by atoms with Gasteiger partial charge >= 0.3 is 0 Å². The third kappa shape index (κ3) is 11.4. The third-order valence-electron chi connectivity index (χ3n) is 4.74. The number of halogens is 1. The van der Waals surface area contributed by atoms with E-state index in [-0.39, 0.29) is 48.5 Å². The van der Waals surface area contributed by atoms with Crippen molar-refractivity contribution < 1.29 is 17.9 Å². The summed E-state index contributed by atoms with van der Waals surface area (Å²) in [5.41, 5.74) is 1.08. The highest BCUT2D eigenvalue weighted by molar-refractivity contribution is 14.0. The van der Waals surface area contributed by atoms with Crippen LogP contribution in [-0.2, 0) is 14.8 Å². The summed E-state index contributed by atoms with van der Waals surface area (Å²) in [6.07, 6.45) is 2.91. The normalized spacial score (nSPS) is 18.0. The van der Waals surface area contributed by atoms with E-state index in [0.29, 0.717) is 32.2 Å². The van der Waals surface area contributed by atoms with Gasteiger partial charge in [0.2, 0.25) is 10.0 Å². The summed E-state index contributed by atoms with van der Waals surface area (Å²) < 4.78 is 38.6. The van der Waals surface area contributed by atoms with Gasteiger partial charge in [-0.3, -0.25) is 0 Å². The second-order valence-corrected chi connectivity index (χ2v) is 9.42. The summed E-state index contributed by atoms with van der Waals surface area (Å²) in [5, 5.41) is 6.21. The highest BCUT2D eigenvalue weighted by atomic mass is 127. The van der Waals surface area contributed by atoms with E-state index in [4.69, 9.17) is 9.47 Å². The maximum atomic E-state index is 12.2. The Hall–Kier alpha value is -1.11. The van der Waals surface area contributed by atoms with Crippen molar-refractivity contribution in [3.63, 3.8) is 0 Å². The average Bonchev–Trinajstić information content (AvgIpc) is 2.73. The van der Waals surface area contributed by atoms with Crippen LogP contribution in [0.4, 0.5) is 0 Å². The molecular formula is C21H37IN4O4S. The van der Waals surface area contributed by atoms with Gasteiger partial charge in [-0.05, 0) is 51.7 Å². The standard InChI is InChI=1S/C21H36N4O4S.HI/c1-4-22-21(24-15-18(3)29-20-11-6-5-9-17(20)2)23-12-14-30(26,27)25-16-19-10-7-8-13-28-19;/h5-6,9,11,18-19,25H,4,7-8,10,12-16H2,1-3H3,(H2,22,23,24);1H. The quantitative estimate of drug-likeness (QED) is 0.216. The number of hydrogen-bond donors (Lipinski definition) is 3. The van der Waals surface area contributed by atoms with Crippen molar-refractivity contribution in [2.45, 2.75) is 52.2 Å². The smallest absolute Gasteiger partial charge is 0.213 e. The zero-order chi connectivity index (χ0) is 21.8. The molecule has 0 spiro atoms. The van der Waals surface area contributed by atoms with Crippen molar-refractivity contribution in [2.75, 3.05) is 38.5 Å². The van der Waals surface area contributed by atoms with E-state index in [9.17, 15) is 8.42 Å². The number of ether oxygens (including phenoxy) is 2. The molecule has 1 aromatic rings. The Kier molecular flexibility index (Phi) is 13.4. The van der Waals surface area contributed by atoms with Crippen molar-refractivity contribution in [1.29, 1.82) is 0 Å². The Morgan fingerprint density at radius 2 is 2.06 bits per heavy atom. The molecule has 1 aliphatic rings. The summed E-state index contributed by atoms with van der Waals surface area (Å²) in [4.78, 5) is 4.51. The molecule has 0 saturated carbocycles. The molecule has 0 radical (unpaired) electrons. The molecule has 0 bridgehead atoms. The summed E-state index contributed by atoms with van der Waals surface area (Å²) in [7, 11) is -3.37. The molecule has 10 heteroatoms. The lowest BCUT2D eigenvalue weighted by Crippen LogP contribution is -2.43. The zero-order valence-corrected chi connectivity index (χ0v) is 21.9. The van der Waals surface area contributed by atoms with Gasteiger partial charge in [0.15, 0.2) is 5.96 Å². The molecule has 1 fully saturated rings. The lowest BCUT2D eigenvalue weighted by molar-refractivity contribution is 0.0200. The molecule has 2 atom stereocenters. The van der Waals surface area contributed by atoms with Crippen LogP contribution in [0.15, 0.2) is 29.3 Å². The van der Waals surface area contributed by atoms with Gasteiger partial charge in [0.05, 0.1) is 18.4 Å². The second kappa shape index (κ2) is 14.9. The minimum Gasteiger partial charge on any atom is -0.489 e. The molecule has 31 heavy (non-hydrogen) atoms. The van der Waals surface area contributed by atoms with Gasteiger partial charge in [0.25, 0.3) is 0 Å². The van der Waals surface area contributed by atoms with E-state index in [1.54, 1.807) is 0 Å². The van der Waals surface area contributed by atoms with Crippen LogP contribution in [0, 0.1) is 6.92 Å². The van der Waals surface area contributed by atoms with E-state index < -0.39 is 10.0 Å². The van der Waals surface area contributed by atoms with Gasteiger partial charge < -0.3 is 20.1 Å². The number of benzene rings is 1. The SMILES string of the molecule is CCNC(=NCC(C)Oc1ccccc1C)NCCS(=O)(=O)NCC1CCCCO1.I. The van der Waals surface area contributed by atoms with Crippen LogP contribution in [0.2, 0.25) is 0 Å². The molecule has 8 nitrogen and oxygen atoms in total. The number of aliphatic imine (C=N–C) groups is 1. The summed E-state index contributed by atoms with van der Waals surface area (Å²) in [6.45, 7) is 8.38. The van der Waals surface area contributed by atoms with E-state index in [1.165, 1.54) is 0 Å². The average molecular weight is 569 g/mol. The van der Waals surface area contributed by atoms with E-state index >= 15 is 0 Å². The fourth-order valence-electron chi connectivity index (χ4n) is 3.07. The van der Waals surface area contributed by atoms with Crippen molar-refractivity contribution >= 4 is 40.0 Å². The maximum Gasteiger partial charge on any atom is 0.213 e. The molecule has 178 valence electrons. The largest absolute Gasteiger partial charge is 0.489 e. The first-order valence-corrected chi connectivity index (χ1v) is 12.4. The van der Waals surface area contributed by atoms with Gasteiger partial charge in [-0.25, -0.2) is 18.1 Å². The van der Waals surface area contributed by atoms with Crippen molar-refractivity contribution in [2.24, 2.45) is 4.99 Å². The summed E-state index contributed by atoms with van der Waals surface area (Å²) in [6, 6.07) is 7.86. The second-order valence-electron chi connectivity index (χ2n) is 7.50. The first-order chi connectivity index (χ1) is 14.4. The number of rotatable bonds is 11. The Labute approximate surface area is 204 Å². The lowest BCUT2D eigenvalue weighted by atomic mass is 10.1. The molecule has 1 heterocycles. The van der Waals surface area contributed by atoms with Crippen molar-refractivity contribution in [3.05, 3.63) is 29.8 Å². The van der Waals surface area contributed by atoms with Crippen molar-refractivity contribution in [3.8, 4) is 5.75 Å². The number of para-hydroxylation sites is 1. The van der Waals surface area contributed by atoms with E-state index in [1.807, 2.05) is 45.0 Å². The molecular weight excluding hydrogens is 531 g/mol. The van der Waals surface area contributed by atoms with Crippen LogP contribution in [0.25, 0.3) is 0 Å². The van der Waals surface area contributed by atoms with Gasteiger partial charge in [0.1, 0.15) is 11.9 Å². The number of nitrogens with one attached hydrogen (secondary N) is 3. The molecule has 1 aromatic carbocycles. The monoisotopic (exact) mass is 568 g/mol. The van der Waals surface area contributed by atoms with Crippen LogP contribution in [0.1, 0.15) is 38.7 Å². The molecule has 0 aromatic heterocycles. The minimum absolute atomic E-state index is 0. The summed E-state index contributed by atoms with van der Waals surface area (Å²) in [5.74, 6) is 1.39. The fraction of sp³-hybridized carbons (Fsp3) is 0.667. The van der Waals surface area contributed by atoms with Gasteiger partial charge in [-0.15, -0.1) is 24.0 Å². The number of guanidine groups is 1. The van der Waals surface area contributed by atoms with Crippen molar-refractivity contribution in [1.82, 2.24) is 15.4 Å². The van der Waals surface area contributed by atoms with Gasteiger partial charge in [-0.2, -0.15) is 0 Å². The Bertz CT molecular complexity index is 770. The molecule has 1 aliphatic heterocycles. The third-order valence-corrected chi connectivity index (χ3v) is 6.09. The first kappa shape index (κ1) is 27.9. The van der Waals surface area contributed by atoms with Crippen LogP contribution < -0.4 is 20.1 Å². The Morgan fingerprint density at radius 3 is 2.74 bits per heavy atom. The first-order valence-electron chi connectivity index (χ1n) is 10.7. The number of hydrogen-bond acceptors (Lipinski definition) is 5. The molecule has 2 unspecified atom stereocenters. The topological polar surface area (TPSA) is 101 Å². The van der Waals surface area contributed by atoms with E-state index in [0.717, 1.165) is 30.6 Å². The molecule has 0 amide bonds. The molecule has 0 aliphatic carbocycles. The minimum atomic E-state index is -3.37. The fourth-order valence-corrected chi connectivity index (χ4v) is 4.02. The van der Waals surface area contributed by atoms with Crippen LogP contribution in [-0.4, -0.2) is 65.1 Å². The molecule has 3 N–H and O–H groups in total. The zero-order valence-electron chi connectivity index (χ0n) is 18.7. The Balaban J connectivity index is 0.00000480. The number of sulfonamides is 1. The molecule has 1 saturated heterocycles. The predicted octanol–water partition coefficient (Wildman–Crippen LogP) is 2.42. The number of nitrogens with zero attached hydrogens (tertiary/aromatic N) is 1. The molecule has 2 rings (SSSR count). The Morgan fingerprint density at radius 1 is 1.29 bits per heavy atom. The lowest BCUT2D eigenvalue weighted by Gasteiger charge is -2.22. The highest BCUT2D eigenvalue weighted by Gasteiger charge is 2.17. The van der Waals surface area contributed by atoms with Crippen LogP contribution >= 0.6 is 24.0 Å².